The van der Waals surface area contributed by atoms with E-state index in [9.17, 15) is 8.42 Å². The Bertz CT molecular complexity index is 837. The fourth-order valence-electron chi connectivity index (χ4n) is 2.48. The summed E-state index contributed by atoms with van der Waals surface area (Å²) >= 11 is 3.29. The van der Waals surface area contributed by atoms with Gasteiger partial charge in [0.05, 0.1) is 13.2 Å². The van der Waals surface area contributed by atoms with E-state index in [-0.39, 0.29) is 11.0 Å². The van der Waals surface area contributed by atoms with Gasteiger partial charge in [0.2, 0.25) is 10.0 Å². The van der Waals surface area contributed by atoms with Crippen molar-refractivity contribution in [3.8, 4) is 11.5 Å². The molecule has 26 heavy (non-hydrogen) atoms. The van der Waals surface area contributed by atoms with Crippen LogP contribution in [0.15, 0.2) is 51.8 Å². The highest BCUT2D eigenvalue weighted by atomic mass is 79.9. The lowest BCUT2D eigenvalue weighted by Gasteiger charge is -2.12. The standard InChI is InChI=1S/C19H24BrNO4S/c1-14(2)25-17-8-4-6-15(12-17)7-5-11-21-26(22,23)19-13-16(20)9-10-18(19)24-3/h4,6,8-10,12-14,21H,5,7,11H2,1-3H3. The van der Waals surface area contributed by atoms with Crippen molar-refractivity contribution in [3.05, 3.63) is 52.5 Å². The van der Waals surface area contributed by atoms with Crippen LogP contribution in [0.3, 0.4) is 0 Å². The third kappa shape index (κ3) is 6.00. The van der Waals surface area contributed by atoms with Crippen molar-refractivity contribution < 1.29 is 17.9 Å². The van der Waals surface area contributed by atoms with Crippen molar-refractivity contribution in [1.29, 1.82) is 0 Å². The Labute approximate surface area is 163 Å². The Morgan fingerprint density at radius 2 is 1.92 bits per heavy atom. The minimum atomic E-state index is -3.63. The number of hydrogen-bond acceptors (Lipinski definition) is 4. The van der Waals surface area contributed by atoms with Crippen molar-refractivity contribution >= 4 is 26.0 Å². The number of halogens is 1. The van der Waals surface area contributed by atoms with Crippen LogP contribution in [0, 0.1) is 0 Å². The van der Waals surface area contributed by atoms with Crippen LogP contribution in [-0.2, 0) is 16.4 Å². The zero-order chi connectivity index (χ0) is 19.2. The van der Waals surface area contributed by atoms with E-state index in [2.05, 4.69) is 20.7 Å². The summed E-state index contributed by atoms with van der Waals surface area (Å²) in [5.74, 6) is 1.15. The second-order valence-corrected chi connectivity index (χ2v) is 8.76. The average Bonchev–Trinajstić information content (AvgIpc) is 2.58. The van der Waals surface area contributed by atoms with Crippen LogP contribution in [0.1, 0.15) is 25.8 Å². The van der Waals surface area contributed by atoms with Gasteiger partial charge in [0.1, 0.15) is 16.4 Å². The van der Waals surface area contributed by atoms with Crippen LogP contribution < -0.4 is 14.2 Å². The van der Waals surface area contributed by atoms with Crippen molar-refractivity contribution in [2.75, 3.05) is 13.7 Å². The van der Waals surface area contributed by atoms with Crippen molar-refractivity contribution in [2.24, 2.45) is 0 Å². The monoisotopic (exact) mass is 441 g/mol. The van der Waals surface area contributed by atoms with E-state index in [1.807, 2.05) is 38.1 Å². The van der Waals surface area contributed by atoms with Gasteiger partial charge in [0.25, 0.3) is 0 Å². The molecule has 0 radical (unpaired) electrons. The Morgan fingerprint density at radius 3 is 2.62 bits per heavy atom. The van der Waals surface area contributed by atoms with Crippen LogP contribution in [0.25, 0.3) is 0 Å². The fourth-order valence-corrected chi connectivity index (χ4v) is 4.26. The maximum absolute atomic E-state index is 12.5. The van der Waals surface area contributed by atoms with E-state index < -0.39 is 10.0 Å². The third-order valence-electron chi connectivity index (χ3n) is 3.62. The number of nitrogens with one attached hydrogen (secondary N) is 1. The zero-order valence-corrected chi connectivity index (χ0v) is 17.6. The lowest BCUT2D eigenvalue weighted by Crippen LogP contribution is -2.25. The molecule has 7 heteroatoms. The van der Waals surface area contributed by atoms with Gasteiger partial charge in [-0.1, -0.05) is 28.1 Å². The summed E-state index contributed by atoms with van der Waals surface area (Å²) in [6, 6.07) is 12.8. The second-order valence-electron chi connectivity index (χ2n) is 6.11. The Balaban J connectivity index is 1.94. The van der Waals surface area contributed by atoms with Crippen LogP contribution >= 0.6 is 15.9 Å². The molecule has 0 saturated heterocycles. The topological polar surface area (TPSA) is 64.6 Å². The SMILES string of the molecule is COc1ccc(Br)cc1S(=O)(=O)NCCCc1cccc(OC(C)C)c1. The molecule has 0 spiro atoms. The molecule has 0 aliphatic carbocycles. The summed E-state index contributed by atoms with van der Waals surface area (Å²) in [5.41, 5.74) is 1.11. The molecule has 5 nitrogen and oxygen atoms in total. The van der Waals surface area contributed by atoms with Gasteiger partial charge in [0.15, 0.2) is 0 Å². The van der Waals surface area contributed by atoms with Crippen molar-refractivity contribution in [3.63, 3.8) is 0 Å². The largest absolute Gasteiger partial charge is 0.495 e. The lowest BCUT2D eigenvalue weighted by molar-refractivity contribution is 0.242. The van der Waals surface area contributed by atoms with E-state index in [4.69, 9.17) is 9.47 Å². The van der Waals surface area contributed by atoms with E-state index in [1.54, 1.807) is 12.1 Å². The predicted molar refractivity (Wildman–Crippen MR) is 106 cm³/mol. The van der Waals surface area contributed by atoms with Crippen LogP contribution in [0.4, 0.5) is 0 Å². The highest BCUT2D eigenvalue weighted by molar-refractivity contribution is 9.10. The van der Waals surface area contributed by atoms with Gasteiger partial charge in [0, 0.05) is 11.0 Å². The Morgan fingerprint density at radius 1 is 1.15 bits per heavy atom. The minimum Gasteiger partial charge on any atom is -0.495 e. The molecule has 142 valence electrons. The average molecular weight is 442 g/mol. The molecule has 0 heterocycles. The summed E-state index contributed by atoms with van der Waals surface area (Å²) in [5, 5.41) is 0. The molecule has 0 fully saturated rings. The van der Waals surface area contributed by atoms with E-state index >= 15 is 0 Å². The molecular formula is C19H24BrNO4S. The first-order valence-electron chi connectivity index (χ1n) is 8.40. The molecule has 2 rings (SSSR count). The van der Waals surface area contributed by atoms with Crippen molar-refractivity contribution in [2.45, 2.75) is 37.7 Å². The molecule has 2 aromatic rings. The van der Waals surface area contributed by atoms with Crippen LogP contribution in [0.2, 0.25) is 0 Å². The van der Waals surface area contributed by atoms with Gasteiger partial charge in [-0.2, -0.15) is 0 Å². The number of aryl methyl sites for hydroxylation is 1. The molecule has 0 amide bonds. The molecule has 0 atom stereocenters. The van der Waals surface area contributed by atoms with E-state index in [0.717, 1.165) is 17.7 Å². The fraction of sp³-hybridized carbons (Fsp3) is 0.368. The second kappa shape index (κ2) is 9.39. The normalized spacial score (nSPS) is 11.6. The molecule has 0 aliphatic heterocycles. The molecule has 2 aromatic carbocycles. The molecule has 1 N–H and O–H groups in total. The number of methoxy groups -OCH3 is 1. The van der Waals surface area contributed by atoms with E-state index in [0.29, 0.717) is 23.2 Å². The molecular weight excluding hydrogens is 418 g/mol. The summed E-state index contributed by atoms with van der Waals surface area (Å²) in [7, 11) is -2.18. The molecule has 0 saturated carbocycles. The quantitative estimate of drug-likeness (QED) is 0.593. The first-order chi connectivity index (χ1) is 12.3. The number of rotatable bonds is 9. The maximum Gasteiger partial charge on any atom is 0.244 e. The smallest absolute Gasteiger partial charge is 0.244 e. The van der Waals surface area contributed by atoms with Gasteiger partial charge >= 0.3 is 0 Å². The van der Waals surface area contributed by atoms with Gasteiger partial charge in [-0.05, 0) is 62.6 Å². The lowest BCUT2D eigenvalue weighted by atomic mass is 10.1. The molecule has 0 bridgehead atoms. The Hall–Kier alpha value is -1.57. The van der Waals surface area contributed by atoms with Gasteiger partial charge in [-0.15, -0.1) is 0 Å². The first-order valence-corrected chi connectivity index (χ1v) is 10.7. The van der Waals surface area contributed by atoms with Crippen LogP contribution in [0.5, 0.6) is 11.5 Å². The minimum absolute atomic E-state index is 0.122. The number of ether oxygens (including phenoxy) is 2. The Kier molecular flexibility index (Phi) is 7.49. The zero-order valence-electron chi connectivity index (χ0n) is 15.2. The summed E-state index contributed by atoms with van der Waals surface area (Å²) < 4.78 is 39.2. The van der Waals surface area contributed by atoms with Crippen molar-refractivity contribution in [1.82, 2.24) is 4.72 Å². The van der Waals surface area contributed by atoms with Gasteiger partial charge in [-0.3, -0.25) is 0 Å². The number of sulfonamides is 1. The number of benzene rings is 2. The third-order valence-corrected chi connectivity index (χ3v) is 5.60. The predicted octanol–water partition coefficient (Wildman–Crippen LogP) is 4.16. The summed E-state index contributed by atoms with van der Waals surface area (Å²) in [4.78, 5) is 0.127. The highest BCUT2D eigenvalue weighted by Gasteiger charge is 2.19. The van der Waals surface area contributed by atoms with Crippen LogP contribution in [-0.4, -0.2) is 28.2 Å². The number of hydrogen-bond donors (Lipinski definition) is 1. The summed E-state index contributed by atoms with van der Waals surface area (Å²) in [6.45, 7) is 4.31. The van der Waals surface area contributed by atoms with Gasteiger partial charge < -0.3 is 9.47 Å². The molecule has 0 unspecified atom stereocenters. The maximum atomic E-state index is 12.5. The molecule has 0 aliphatic rings. The first kappa shape index (κ1) is 20.7. The molecule has 0 aromatic heterocycles. The van der Waals surface area contributed by atoms with Gasteiger partial charge in [-0.25, -0.2) is 13.1 Å². The van der Waals surface area contributed by atoms with E-state index in [1.165, 1.54) is 13.2 Å². The highest BCUT2D eigenvalue weighted by Crippen LogP contribution is 2.27. The summed E-state index contributed by atoms with van der Waals surface area (Å²) in [6.07, 6.45) is 1.56.